The maximum Gasteiger partial charge on any atom is 0.275 e. The van der Waals surface area contributed by atoms with E-state index in [1.807, 2.05) is 12.1 Å². The normalized spacial score (nSPS) is 11.3. The molecule has 2 N–H and O–H groups in total. The smallest absolute Gasteiger partial charge is 0.275 e. The molecule has 0 fully saturated rings. The summed E-state index contributed by atoms with van der Waals surface area (Å²) < 4.78 is 0.698. The number of carbonyl (C=O) groups is 1. The monoisotopic (exact) mass is 366 g/mol. The summed E-state index contributed by atoms with van der Waals surface area (Å²) in [6.45, 7) is 1.77. The molecule has 0 heterocycles. The third kappa shape index (κ3) is 4.06. The molecule has 0 saturated heterocycles. The van der Waals surface area contributed by atoms with E-state index in [9.17, 15) is 9.90 Å². The van der Waals surface area contributed by atoms with Gasteiger partial charge in [-0.15, -0.1) is 0 Å². The average molecular weight is 368 g/mol. The van der Waals surface area contributed by atoms with Crippen molar-refractivity contribution in [3.8, 4) is 5.75 Å². The van der Waals surface area contributed by atoms with Crippen molar-refractivity contribution in [3.63, 3.8) is 0 Å². The molecule has 2 aromatic carbocycles. The fourth-order valence-corrected chi connectivity index (χ4v) is 2.13. The van der Waals surface area contributed by atoms with E-state index in [-0.39, 0.29) is 11.3 Å². The van der Waals surface area contributed by atoms with E-state index in [0.29, 0.717) is 15.2 Å². The van der Waals surface area contributed by atoms with Gasteiger partial charge < -0.3 is 5.11 Å². The Hall–Kier alpha value is -1.85. The molecule has 0 aliphatic heterocycles. The molecule has 0 radical (unpaired) electrons. The van der Waals surface area contributed by atoms with Crippen LogP contribution in [0, 0.1) is 0 Å². The van der Waals surface area contributed by atoms with Gasteiger partial charge in [0.15, 0.2) is 0 Å². The number of nitrogens with one attached hydrogen (secondary N) is 1. The van der Waals surface area contributed by atoms with Crippen LogP contribution in [0.2, 0.25) is 5.02 Å². The number of halogens is 2. The Bertz CT molecular complexity index is 699. The average Bonchev–Trinajstić information content (AvgIpc) is 2.47. The topological polar surface area (TPSA) is 61.7 Å². The first-order valence-corrected chi connectivity index (χ1v) is 7.23. The van der Waals surface area contributed by atoms with Crippen molar-refractivity contribution in [2.75, 3.05) is 0 Å². The number of amides is 1. The van der Waals surface area contributed by atoms with Crippen LogP contribution >= 0.6 is 27.5 Å². The number of aromatic hydroxyl groups is 1. The molecule has 2 rings (SSSR count). The molecular formula is C15H12BrClN2O2. The van der Waals surface area contributed by atoms with Crippen molar-refractivity contribution in [1.82, 2.24) is 5.43 Å². The molecule has 108 valence electrons. The molecule has 0 spiro atoms. The van der Waals surface area contributed by atoms with Crippen LogP contribution in [0.5, 0.6) is 5.75 Å². The zero-order valence-corrected chi connectivity index (χ0v) is 13.4. The molecule has 6 heteroatoms. The molecular weight excluding hydrogens is 356 g/mol. The molecule has 4 nitrogen and oxygen atoms in total. The fraction of sp³-hybridized carbons (Fsp3) is 0.0667. The summed E-state index contributed by atoms with van der Waals surface area (Å²) in [4.78, 5) is 12.0. The van der Waals surface area contributed by atoms with Crippen LogP contribution in [0.25, 0.3) is 0 Å². The predicted molar refractivity (Wildman–Crippen MR) is 86.9 cm³/mol. The number of rotatable bonds is 3. The van der Waals surface area contributed by atoms with E-state index in [0.717, 1.165) is 5.56 Å². The maximum atomic E-state index is 12.0. The van der Waals surface area contributed by atoms with E-state index >= 15 is 0 Å². The van der Waals surface area contributed by atoms with Gasteiger partial charge in [0.25, 0.3) is 5.91 Å². The van der Waals surface area contributed by atoms with Gasteiger partial charge in [-0.25, -0.2) is 5.43 Å². The lowest BCUT2D eigenvalue weighted by atomic mass is 10.1. The van der Waals surface area contributed by atoms with Gasteiger partial charge >= 0.3 is 0 Å². The highest BCUT2D eigenvalue weighted by molar-refractivity contribution is 9.10. The van der Waals surface area contributed by atoms with Crippen LogP contribution in [0.4, 0.5) is 0 Å². The van der Waals surface area contributed by atoms with E-state index in [1.165, 1.54) is 12.1 Å². The Kier molecular flexibility index (Phi) is 4.98. The van der Waals surface area contributed by atoms with Crippen molar-refractivity contribution in [3.05, 3.63) is 63.1 Å². The minimum Gasteiger partial charge on any atom is -0.507 e. The van der Waals surface area contributed by atoms with Crippen LogP contribution in [0.1, 0.15) is 22.8 Å². The summed E-state index contributed by atoms with van der Waals surface area (Å²) in [5.74, 6) is -0.586. The zero-order valence-electron chi connectivity index (χ0n) is 11.1. The van der Waals surface area contributed by atoms with E-state index < -0.39 is 5.91 Å². The van der Waals surface area contributed by atoms with Crippen molar-refractivity contribution < 1.29 is 9.90 Å². The SMILES string of the molecule is C/C(=N\NC(=O)c1cc(Br)ccc1O)c1ccc(Cl)cc1. The van der Waals surface area contributed by atoms with Crippen LogP contribution in [0.3, 0.4) is 0 Å². The Balaban J connectivity index is 2.14. The maximum absolute atomic E-state index is 12.0. The van der Waals surface area contributed by atoms with E-state index in [4.69, 9.17) is 11.6 Å². The van der Waals surface area contributed by atoms with Crippen molar-refractivity contribution in [2.24, 2.45) is 5.10 Å². The number of hydrogen-bond acceptors (Lipinski definition) is 3. The quantitative estimate of drug-likeness (QED) is 0.637. The van der Waals surface area contributed by atoms with Gasteiger partial charge in [-0.05, 0) is 42.8 Å². The number of carbonyl (C=O) groups excluding carboxylic acids is 1. The van der Waals surface area contributed by atoms with Gasteiger partial charge in [-0.3, -0.25) is 4.79 Å². The number of phenolic OH excluding ortho intramolecular Hbond substituents is 1. The van der Waals surface area contributed by atoms with Gasteiger partial charge in [-0.2, -0.15) is 5.10 Å². The van der Waals surface area contributed by atoms with Gasteiger partial charge in [0, 0.05) is 9.50 Å². The lowest BCUT2D eigenvalue weighted by Crippen LogP contribution is -2.19. The Labute approximate surface area is 135 Å². The van der Waals surface area contributed by atoms with Gasteiger partial charge in [0.1, 0.15) is 5.75 Å². The largest absolute Gasteiger partial charge is 0.507 e. The molecule has 0 aliphatic rings. The zero-order chi connectivity index (χ0) is 15.4. The Morgan fingerprint density at radius 1 is 1.24 bits per heavy atom. The Morgan fingerprint density at radius 3 is 2.57 bits per heavy atom. The number of phenols is 1. The first-order chi connectivity index (χ1) is 9.97. The Morgan fingerprint density at radius 2 is 1.90 bits per heavy atom. The molecule has 0 aliphatic carbocycles. The first kappa shape index (κ1) is 15.5. The van der Waals surface area contributed by atoms with Crippen LogP contribution in [-0.2, 0) is 0 Å². The fourth-order valence-electron chi connectivity index (χ4n) is 1.64. The molecule has 21 heavy (non-hydrogen) atoms. The summed E-state index contributed by atoms with van der Waals surface area (Å²) in [5, 5.41) is 14.3. The van der Waals surface area contributed by atoms with Crippen molar-refractivity contribution >= 4 is 39.1 Å². The predicted octanol–water partition coefficient (Wildman–Crippen LogP) is 3.96. The number of hydrazone groups is 1. The third-order valence-electron chi connectivity index (χ3n) is 2.79. The number of hydrogen-bond donors (Lipinski definition) is 2. The minimum absolute atomic E-state index is 0.102. The summed E-state index contributed by atoms with van der Waals surface area (Å²) in [5.41, 5.74) is 4.04. The van der Waals surface area contributed by atoms with Gasteiger partial charge in [0.05, 0.1) is 11.3 Å². The molecule has 0 aromatic heterocycles. The molecule has 0 atom stereocenters. The highest BCUT2D eigenvalue weighted by Crippen LogP contribution is 2.21. The highest BCUT2D eigenvalue weighted by Gasteiger charge is 2.11. The summed E-state index contributed by atoms with van der Waals surface area (Å²) >= 11 is 9.06. The molecule has 0 bridgehead atoms. The molecule has 1 amide bonds. The minimum atomic E-state index is -0.484. The molecule has 0 saturated carbocycles. The molecule has 2 aromatic rings. The van der Waals surface area contributed by atoms with Crippen molar-refractivity contribution in [2.45, 2.75) is 6.92 Å². The van der Waals surface area contributed by atoms with Gasteiger partial charge in [0.2, 0.25) is 0 Å². The summed E-state index contributed by atoms with van der Waals surface area (Å²) in [7, 11) is 0. The van der Waals surface area contributed by atoms with E-state index in [2.05, 4.69) is 26.5 Å². The summed E-state index contributed by atoms with van der Waals surface area (Å²) in [6.07, 6.45) is 0. The second kappa shape index (κ2) is 6.74. The highest BCUT2D eigenvalue weighted by atomic mass is 79.9. The number of benzene rings is 2. The standard InChI is InChI=1S/C15H12BrClN2O2/c1-9(10-2-5-12(17)6-3-10)18-19-15(21)13-8-11(16)4-7-14(13)20/h2-8,20H,1H3,(H,19,21)/b18-9+. The van der Waals surface area contributed by atoms with Crippen LogP contribution < -0.4 is 5.43 Å². The van der Waals surface area contributed by atoms with Crippen molar-refractivity contribution in [1.29, 1.82) is 0 Å². The van der Waals surface area contributed by atoms with E-state index in [1.54, 1.807) is 25.1 Å². The van der Waals surface area contributed by atoms with Crippen LogP contribution in [0.15, 0.2) is 52.0 Å². The molecule has 0 unspecified atom stereocenters. The lowest BCUT2D eigenvalue weighted by molar-refractivity contribution is 0.0952. The lowest BCUT2D eigenvalue weighted by Gasteiger charge is -2.05. The van der Waals surface area contributed by atoms with Gasteiger partial charge in [-0.1, -0.05) is 39.7 Å². The first-order valence-electron chi connectivity index (χ1n) is 6.06. The number of nitrogens with zero attached hydrogens (tertiary/aromatic N) is 1. The second-order valence-electron chi connectivity index (χ2n) is 4.31. The van der Waals surface area contributed by atoms with Crippen LogP contribution in [-0.4, -0.2) is 16.7 Å². The second-order valence-corrected chi connectivity index (χ2v) is 5.66. The third-order valence-corrected chi connectivity index (χ3v) is 3.54. The summed E-state index contributed by atoms with van der Waals surface area (Å²) in [6, 6.07) is 11.7.